The Bertz CT molecular complexity index is 396. The van der Waals surface area contributed by atoms with Crippen LogP contribution in [0.25, 0.3) is 0 Å². The molecule has 172 valence electrons. The van der Waals surface area contributed by atoms with Crippen molar-refractivity contribution in [2.24, 2.45) is 5.41 Å². The summed E-state index contributed by atoms with van der Waals surface area (Å²) in [4.78, 5) is 22.9. The Labute approximate surface area is 172 Å². The van der Waals surface area contributed by atoms with Gasteiger partial charge in [-0.15, -0.1) is 0 Å². The molecule has 2 N–H and O–H groups in total. The topological polar surface area (TPSA) is 130 Å². The molecule has 10 nitrogen and oxygen atoms in total. The predicted octanol–water partition coefficient (Wildman–Crippen LogP) is 1.06. The third-order valence-electron chi connectivity index (χ3n) is 4.33. The van der Waals surface area contributed by atoms with Crippen molar-refractivity contribution in [2.45, 2.75) is 25.7 Å². The fourth-order valence-corrected chi connectivity index (χ4v) is 2.51. The molecular formula is C19H36O10. The first-order valence-corrected chi connectivity index (χ1v) is 9.72. The number of carboxylic acids is 2. The summed E-state index contributed by atoms with van der Waals surface area (Å²) in [7, 11) is 3.17. The van der Waals surface area contributed by atoms with Gasteiger partial charge in [0.2, 0.25) is 0 Å². The Balaban J connectivity index is 4.34. The van der Waals surface area contributed by atoms with Crippen LogP contribution in [0.4, 0.5) is 0 Å². The second-order valence-electron chi connectivity index (χ2n) is 6.41. The molecule has 0 aliphatic rings. The molecular weight excluding hydrogens is 388 g/mol. The quantitative estimate of drug-likeness (QED) is 0.243. The zero-order chi connectivity index (χ0) is 21.8. The number of hydrogen-bond acceptors (Lipinski definition) is 8. The lowest BCUT2D eigenvalue weighted by atomic mass is 9.77. The van der Waals surface area contributed by atoms with Crippen LogP contribution in [0.5, 0.6) is 0 Å². The van der Waals surface area contributed by atoms with Gasteiger partial charge in [0.05, 0.1) is 58.3 Å². The molecule has 0 rings (SSSR count). The molecule has 0 aliphatic carbocycles. The van der Waals surface area contributed by atoms with Crippen LogP contribution in [0, 0.1) is 5.41 Å². The van der Waals surface area contributed by atoms with E-state index in [2.05, 4.69) is 0 Å². The van der Waals surface area contributed by atoms with Crippen molar-refractivity contribution in [2.75, 3.05) is 80.3 Å². The molecule has 0 spiro atoms. The number of ether oxygens (including phenoxy) is 6. The standard InChI is InChI=1S/C19H36O10/c1-24-9-11-28-15-13-26-7-5-19(18(22)23,4-3-17(20)21)6-8-27-14-16-29-12-10-25-2/h3-16H2,1-2H3,(H,20,21)(H,22,23). The van der Waals surface area contributed by atoms with E-state index < -0.39 is 17.4 Å². The molecule has 0 aromatic rings. The van der Waals surface area contributed by atoms with E-state index in [1.165, 1.54) is 0 Å². The van der Waals surface area contributed by atoms with Gasteiger partial charge in [-0.3, -0.25) is 9.59 Å². The van der Waals surface area contributed by atoms with E-state index in [0.717, 1.165) is 0 Å². The monoisotopic (exact) mass is 424 g/mol. The van der Waals surface area contributed by atoms with Gasteiger partial charge in [-0.1, -0.05) is 0 Å². The minimum atomic E-state index is -1.22. The first kappa shape index (κ1) is 27.7. The number of carboxylic acid groups (broad SMARTS) is 2. The Morgan fingerprint density at radius 2 is 1.00 bits per heavy atom. The minimum Gasteiger partial charge on any atom is -0.481 e. The molecule has 29 heavy (non-hydrogen) atoms. The van der Waals surface area contributed by atoms with Crippen LogP contribution in [-0.2, 0) is 38.0 Å². The fraction of sp³-hybridized carbons (Fsp3) is 0.895. The van der Waals surface area contributed by atoms with Crippen molar-refractivity contribution in [3.63, 3.8) is 0 Å². The molecule has 0 saturated heterocycles. The van der Waals surface area contributed by atoms with Crippen molar-refractivity contribution in [1.29, 1.82) is 0 Å². The smallest absolute Gasteiger partial charge is 0.309 e. The molecule has 0 unspecified atom stereocenters. The molecule has 0 aliphatic heterocycles. The highest BCUT2D eigenvalue weighted by atomic mass is 16.5. The van der Waals surface area contributed by atoms with Gasteiger partial charge in [-0.25, -0.2) is 0 Å². The Hall–Kier alpha value is -1.30. The molecule has 0 aromatic carbocycles. The maximum atomic E-state index is 11.9. The lowest BCUT2D eigenvalue weighted by Gasteiger charge is -2.29. The number of rotatable bonds is 22. The van der Waals surface area contributed by atoms with E-state index >= 15 is 0 Å². The second-order valence-corrected chi connectivity index (χ2v) is 6.41. The summed E-state index contributed by atoms with van der Waals surface area (Å²) in [5, 5.41) is 18.7. The molecule has 0 amide bonds. The van der Waals surface area contributed by atoms with Crippen molar-refractivity contribution in [3.8, 4) is 0 Å². The SMILES string of the molecule is COCCOCCOCCC(CCOCCOCCOC)(CCC(=O)O)C(=O)O. The normalized spacial score (nSPS) is 11.7. The van der Waals surface area contributed by atoms with Gasteiger partial charge in [-0.2, -0.15) is 0 Å². The minimum absolute atomic E-state index is 0.0130. The van der Waals surface area contributed by atoms with Gasteiger partial charge < -0.3 is 38.6 Å². The summed E-state index contributed by atoms with van der Waals surface area (Å²) < 4.78 is 31.2. The average molecular weight is 424 g/mol. The first-order valence-electron chi connectivity index (χ1n) is 9.72. The molecule has 0 aromatic heterocycles. The summed E-state index contributed by atoms with van der Waals surface area (Å²) in [5.41, 5.74) is -1.22. The molecule has 0 bridgehead atoms. The third-order valence-corrected chi connectivity index (χ3v) is 4.33. The predicted molar refractivity (Wildman–Crippen MR) is 103 cm³/mol. The van der Waals surface area contributed by atoms with Crippen LogP contribution in [0.15, 0.2) is 0 Å². The average Bonchev–Trinajstić information content (AvgIpc) is 2.69. The van der Waals surface area contributed by atoms with E-state index in [1.54, 1.807) is 14.2 Å². The third kappa shape index (κ3) is 15.2. The van der Waals surface area contributed by atoms with Crippen LogP contribution in [0.2, 0.25) is 0 Å². The van der Waals surface area contributed by atoms with Crippen LogP contribution in [0.1, 0.15) is 25.7 Å². The zero-order valence-corrected chi connectivity index (χ0v) is 17.6. The number of carbonyl (C=O) groups is 2. The van der Waals surface area contributed by atoms with E-state index in [1.807, 2.05) is 0 Å². The first-order chi connectivity index (χ1) is 14.0. The number of aliphatic carboxylic acids is 2. The largest absolute Gasteiger partial charge is 0.481 e. The van der Waals surface area contributed by atoms with Crippen LogP contribution in [-0.4, -0.2) is 102 Å². The molecule has 0 heterocycles. The van der Waals surface area contributed by atoms with E-state index in [9.17, 15) is 14.7 Å². The summed E-state index contributed by atoms with van der Waals surface area (Å²) >= 11 is 0. The van der Waals surface area contributed by atoms with Gasteiger partial charge in [0.15, 0.2) is 0 Å². The van der Waals surface area contributed by atoms with Crippen molar-refractivity contribution < 1.29 is 48.2 Å². The Kier molecular flexibility index (Phi) is 17.9. The van der Waals surface area contributed by atoms with E-state index in [0.29, 0.717) is 52.9 Å². The van der Waals surface area contributed by atoms with Crippen molar-refractivity contribution in [3.05, 3.63) is 0 Å². The Morgan fingerprint density at radius 1 is 0.621 bits per heavy atom. The van der Waals surface area contributed by atoms with E-state index in [4.69, 9.17) is 33.5 Å². The Morgan fingerprint density at radius 3 is 1.34 bits per heavy atom. The van der Waals surface area contributed by atoms with Crippen molar-refractivity contribution >= 4 is 11.9 Å². The summed E-state index contributed by atoms with van der Waals surface area (Å²) in [5.74, 6) is -2.07. The number of hydrogen-bond donors (Lipinski definition) is 2. The fourth-order valence-electron chi connectivity index (χ4n) is 2.51. The molecule has 10 heteroatoms. The lowest BCUT2D eigenvalue weighted by molar-refractivity contribution is -0.153. The van der Waals surface area contributed by atoms with Gasteiger partial charge in [0, 0.05) is 33.9 Å². The highest BCUT2D eigenvalue weighted by Crippen LogP contribution is 2.33. The van der Waals surface area contributed by atoms with Gasteiger partial charge in [-0.05, 0) is 19.3 Å². The summed E-state index contributed by atoms with van der Waals surface area (Å²) in [6.45, 7) is 3.72. The van der Waals surface area contributed by atoms with Gasteiger partial charge in [0.1, 0.15) is 0 Å². The maximum Gasteiger partial charge on any atom is 0.309 e. The van der Waals surface area contributed by atoms with Gasteiger partial charge in [0.25, 0.3) is 0 Å². The highest BCUT2D eigenvalue weighted by Gasteiger charge is 2.38. The van der Waals surface area contributed by atoms with E-state index in [-0.39, 0.29) is 38.9 Å². The molecule has 0 fully saturated rings. The van der Waals surface area contributed by atoms with Crippen LogP contribution < -0.4 is 0 Å². The molecule has 0 radical (unpaired) electrons. The summed E-state index contributed by atoms with van der Waals surface area (Å²) in [6.07, 6.45) is 0.175. The van der Waals surface area contributed by atoms with Crippen LogP contribution in [0.3, 0.4) is 0 Å². The second kappa shape index (κ2) is 18.7. The van der Waals surface area contributed by atoms with Crippen LogP contribution >= 0.6 is 0 Å². The lowest BCUT2D eigenvalue weighted by Crippen LogP contribution is -2.35. The maximum absolute atomic E-state index is 11.9. The number of methoxy groups -OCH3 is 2. The van der Waals surface area contributed by atoms with Crippen molar-refractivity contribution in [1.82, 2.24) is 0 Å². The summed E-state index contributed by atoms with van der Waals surface area (Å²) in [6, 6.07) is 0. The van der Waals surface area contributed by atoms with Gasteiger partial charge >= 0.3 is 11.9 Å². The molecule has 0 atom stereocenters. The molecule has 0 saturated carbocycles. The zero-order valence-electron chi connectivity index (χ0n) is 17.6. The highest BCUT2D eigenvalue weighted by molar-refractivity contribution is 5.76.